The monoisotopic (exact) mass is 492 g/mol. The molecule has 3 saturated heterocycles. The maximum atomic E-state index is 13.3. The summed E-state index contributed by atoms with van der Waals surface area (Å²) in [6, 6.07) is -0.858. The fraction of sp³-hybridized carbons (Fsp3) is 0.682. The number of nitrogens with zero attached hydrogens (tertiary/aromatic N) is 4. The van der Waals surface area contributed by atoms with Crippen LogP contribution >= 0.6 is 11.8 Å². The molecule has 0 aromatic heterocycles. The Morgan fingerprint density at radius 1 is 1.18 bits per heavy atom. The van der Waals surface area contributed by atoms with E-state index in [0.29, 0.717) is 37.5 Å². The minimum absolute atomic E-state index is 0.0140. The highest BCUT2D eigenvalue weighted by Gasteiger charge is 2.60. The molecule has 3 fully saturated rings. The Kier molecular flexibility index (Phi) is 6.90. The highest BCUT2D eigenvalue weighted by molar-refractivity contribution is 8.03. The van der Waals surface area contributed by atoms with Crippen molar-refractivity contribution in [2.24, 2.45) is 11.8 Å². The average molecular weight is 493 g/mol. The second-order valence-corrected chi connectivity index (χ2v) is 10.8. The molecule has 0 unspecified atom stereocenters. The van der Waals surface area contributed by atoms with Crippen LogP contribution in [0, 0.1) is 22.7 Å². The van der Waals surface area contributed by atoms with Crippen molar-refractivity contribution in [2.45, 2.75) is 50.1 Å². The van der Waals surface area contributed by atoms with Crippen molar-refractivity contribution >= 4 is 42.2 Å². The molecule has 186 valence electrons. The number of carbonyl (C=O) groups is 3. The normalized spacial score (nSPS) is 32.3. The zero-order valence-electron chi connectivity index (χ0n) is 19.4. The quantitative estimate of drug-likeness (QED) is 0.221. The van der Waals surface area contributed by atoms with Crippen molar-refractivity contribution in [3.05, 3.63) is 10.6 Å². The number of carbonyl (C=O) groups excluding carboxylic acids is 2. The number of aliphatic hydroxyl groups excluding tert-OH is 1. The highest BCUT2D eigenvalue weighted by atomic mass is 32.2. The molecule has 0 bridgehead atoms. The first kappa shape index (κ1) is 24.5. The summed E-state index contributed by atoms with van der Waals surface area (Å²) >= 11 is 1.39. The number of nitrogens with one attached hydrogen (secondary N) is 2. The van der Waals surface area contributed by atoms with E-state index in [-0.39, 0.29) is 34.7 Å². The van der Waals surface area contributed by atoms with Crippen LogP contribution in [0.2, 0.25) is 0 Å². The van der Waals surface area contributed by atoms with Gasteiger partial charge in [-0.05, 0) is 19.8 Å². The van der Waals surface area contributed by atoms with E-state index in [1.54, 1.807) is 16.7 Å². The van der Waals surface area contributed by atoms with Crippen molar-refractivity contribution in [2.75, 3.05) is 32.7 Å². The van der Waals surface area contributed by atoms with Crippen LogP contribution in [0.1, 0.15) is 26.7 Å². The molecule has 2 amide bonds. The van der Waals surface area contributed by atoms with Crippen LogP contribution in [0.25, 0.3) is 0 Å². The first-order valence-electron chi connectivity index (χ1n) is 11.6. The number of likely N-dealkylation sites (tertiary alicyclic amines) is 1. The molecule has 0 spiro atoms. The molecule has 4 aliphatic rings. The molecular formula is C22H32N6O5S. The van der Waals surface area contributed by atoms with E-state index in [9.17, 15) is 24.6 Å². The molecular weight excluding hydrogens is 460 g/mol. The van der Waals surface area contributed by atoms with E-state index in [2.05, 4.69) is 0 Å². The first-order valence-corrected chi connectivity index (χ1v) is 12.5. The summed E-state index contributed by atoms with van der Waals surface area (Å²) in [5.41, 5.74) is -0.0140. The molecule has 4 N–H and O–H groups in total. The zero-order valence-corrected chi connectivity index (χ0v) is 20.2. The molecule has 4 aliphatic heterocycles. The second-order valence-electron chi connectivity index (χ2n) is 9.43. The molecule has 0 aromatic rings. The Hall–Kier alpha value is -2.60. The van der Waals surface area contributed by atoms with Crippen molar-refractivity contribution in [1.29, 1.82) is 10.8 Å². The summed E-state index contributed by atoms with van der Waals surface area (Å²) in [4.78, 5) is 45.3. The van der Waals surface area contributed by atoms with Gasteiger partial charge in [-0.1, -0.05) is 6.92 Å². The van der Waals surface area contributed by atoms with Gasteiger partial charge in [0.05, 0.1) is 30.7 Å². The van der Waals surface area contributed by atoms with Gasteiger partial charge in [0.2, 0.25) is 11.8 Å². The van der Waals surface area contributed by atoms with Gasteiger partial charge < -0.3 is 29.8 Å². The number of amides is 2. The first-order chi connectivity index (χ1) is 16.2. The van der Waals surface area contributed by atoms with Gasteiger partial charge in [-0.15, -0.1) is 11.8 Å². The summed E-state index contributed by atoms with van der Waals surface area (Å²) in [6.07, 6.45) is 2.88. The van der Waals surface area contributed by atoms with E-state index in [1.165, 1.54) is 29.3 Å². The Morgan fingerprint density at radius 2 is 1.91 bits per heavy atom. The Balaban J connectivity index is 1.49. The van der Waals surface area contributed by atoms with Gasteiger partial charge in [0, 0.05) is 48.8 Å². The largest absolute Gasteiger partial charge is 0.477 e. The van der Waals surface area contributed by atoms with Crippen LogP contribution in [0.3, 0.4) is 0 Å². The van der Waals surface area contributed by atoms with Crippen LogP contribution in [0.15, 0.2) is 10.6 Å². The van der Waals surface area contributed by atoms with Crippen LogP contribution in [0.4, 0.5) is 0 Å². The molecule has 0 saturated carbocycles. The summed E-state index contributed by atoms with van der Waals surface area (Å²) in [5, 5.41) is 35.1. The third-order valence-corrected chi connectivity index (χ3v) is 8.88. The number of hydrogen-bond acceptors (Lipinski definition) is 7. The van der Waals surface area contributed by atoms with Crippen LogP contribution in [-0.2, 0) is 14.4 Å². The molecule has 6 atom stereocenters. The molecule has 4 heterocycles. The average Bonchev–Trinajstić information content (AvgIpc) is 3.19. The lowest BCUT2D eigenvalue weighted by molar-refractivity contribution is -0.163. The summed E-state index contributed by atoms with van der Waals surface area (Å²) in [6.45, 7) is 6.35. The molecule has 4 rings (SSSR count). The topological polar surface area (TPSA) is 152 Å². The molecule has 0 aromatic carbocycles. The molecule has 11 nitrogen and oxygen atoms in total. The minimum Gasteiger partial charge on any atom is -0.477 e. The van der Waals surface area contributed by atoms with Crippen LogP contribution < -0.4 is 0 Å². The Labute approximate surface area is 202 Å². The minimum atomic E-state index is -1.16. The van der Waals surface area contributed by atoms with Gasteiger partial charge in [-0.25, -0.2) is 4.79 Å². The van der Waals surface area contributed by atoms with Crippen molar-refractivity contribution in [1.82, 2.24) is 19.6 Å². The Bertz CT molecular complexity index is 925. The van der Waals surface area contributed by atoms with Gasteiger partial charge in [-0.3, -0.25) is 20.4 Å². The standard InChI is InChI=1S/C22H32N6O5S/c1-12-17-16(13(2)29)21(31)28(17)18(22(32)33)19(12)34-14-8-15(27(9-14)11-24)20(30)26-5-3-4-25(10-23)6-7-26/h10-17,23-24,29H,3-9H2,1-2H3,(H,32,33)/t12-,13-,14+,15+,16-,17-/m1/s1. The van der Waals surface area contributed by atoms with Gasteiger partial charge in [0.25, 0.3) is 0 Å². The fourth-order valence-corrected chi connectivity index (χ4v) is 7.18. The Morgan fingerprint density at radius 3 is 2.53 bits per heavy atom. The smallest absolute Gasteiger partial charge is 0.353 e. The van der Waals surface area contributed by atoms with Gasteiger partial charge in [0.15, 0.2) is 0 Å². The van der Waals surface area contributed by atoms with E-state index in [4.69, 9.17) is 10.8 Å². The predicted octanol–water partition coefficient (Wildman–Crippen LogP) is 0.0646. The van der Waals surface area contributed by atoms with Crippen molar-refractivity contribution in [3.63, 3.8) is 0 Å². The maximum Gasteiger partial charge on any atom is 0.353 e. The molecule has 0 aliphatic carbocycles. The second kappa shape index (κ2) is 9.57. The van der Waals surface area contributed by atoms with E-state index >= 15 is 0 Å². The molecule has 34 heavy (non-hydrogen) atoms. The van der Waals surface area contributed by atoms with Gasteiger partial charge in [0.1, 0.15) is 11.7 Å². The van der Waals surface area contributed by atoms with E-state index < -0.39 is 24.0 Å². The molecule has 0 radical (unpaired) electrons. The lowest BCUT2D eigenvalue weighted by Crippen LogP contribution is -2.63. The summed E-state index contributed by atoms with van der Waals surface area (Å²) < 4.78 is 0. The van der Waals surface area contributed by atoms with Gasteiger partial charge in [-0.2, -0.15) is 0 Å². The van der Waals surface area contributed by atoms with Crippen molar-refractivity contribution in [3.8, 4) is 0 Å². The number of hydrogen-bond donors (Lipinski definition) is 4. The number of β-lactam (4-membered cyclic amide) rings is 1. The molecule has 12 heteroatoms. The maximum absolute atomic E-state index is 13.3. The number of aliphatic hydroxyl groups is 1. The van der Waals surface area contributed by atoms with E-state index in [0.717, 1.165) is 13.0 Å². The summed E-state index contributed by atoms with van der Waals surface area (Å²) in [7, 11) is 0. The third-order valence-electron chi connectivity index (χ3n) is 7.38. The number of carboxylic acids is 1. The van der Waals surface area contributed by atoms with Gasteiger partial charge >= 0.3 is 5.97 Å². The number of thioether (sulfide) groups is 1. The van der Waals surface area contributed by atoms with Crippen LogP contribution in [0.5, 0.6) is 0 Å². The summed E-state index contributed by atoms with van der Waals surface area (Å²) in [5.74, 6) is -2.40. The highest BCUT2D eigenvalue weighted by Crippen LogP contribution is 2.52. The number of rotatable bonds is 7. The number of fused-ring (bicyclic) bond motifs is 1. The lowest BCUT2D eigenvalue weighted by Gasteiger charge is -2.46. The number of carboxylic acid groups (broad SMARTS) is 1. The van der Waals surface area contributed by atoms with E-state index in [1.807, 2.05) is 11.8 Å². The fourth-order valence-electron chi connectivity index (χ4n) is 5.65. The lowest BCUT2D eigenvalue weighted by atomic mass is 9.79. The SMILES string of the molecule is C[C@@H](O)[C@H]1C(=O)N2C(C(=O)O)=C(S[C@H]3C[C@@H](C(=O)N4CCCN(C=N)CC4)N(C=N)C3)[C@H](C)[C@H]12. The van der Waals surface area contributed by atoms with Crippen LogP contribution in [-0.4, -0.2) is 116 Å². The third kappa shape index (κ3) is 4.06. The van der Waals surface area contributed by atoms with Crippen molar-refractivity contribution < 1.29 is 24.6 Å². The predicted molar refractivity (Wildman–Crippen MR) is 126 cm³/mol. The number of aliphatic carboxylic acids is 1. The zero-order chi connectivity index (χ0) is 24.7.